The van der Waals surface area contributed by atoms with Gasteiger partial charge in [-0.3, -0.25) is 0 Å². The maximum Gasteiger partial charge on any atom is 0.124 e. The topological polar surface area (TPSA) is 45.2 Å². The van der Waals surface area contributed by atoms with Crippen LogP contribution in [0.5, 0.6) is 5.75 Å². The molecular weight excluding hydrogens is 436 g/mol. The molecule has 1 N–H and O–H groups in total. The summed E-state index contributed by atoms with van der Waals surface area (Å²) in [6.45, 7) is 5.68. The number of fused-ring (bicyclic) bond motifs is 1. The summed E-state index contributed by atoms with van der Waals surface area (Å²) in [7, 11) is 3.89. The highest BCUT2D eigenvalue weighted by atomic mass is 16.5. The van der Waals surface area contributed by atoms with Crippen molar-refractivity contribution < 1.29 is 14.6 Å². The largest absolute Gasteiger partial charge is 0.496 e. The standard InChI is InChI=1S/C30H38N2O3/c1-31-15-17-32(18-16-31)21-27-20-28(35-22-25-9-5-6-10-29(25)34-2)13-14-30(27,33)26-12-11-23-7-3-4-8-24(23)19-26/h3-12,19,27-28,33H,13-18,20-22H2,1-2H3. The van der Waals surface area contributed by atoms with Gasteiger partial charge in [0, 0.05) is 44.2 Å². The van der Waals surface area contributed by atoms with Gasteiger partial charge in [0.15, 0.2) is 0 Å². The quantitative estimate of drug-likeness (QED) is 0.539. The predicted molar refractivity (Wildman–Crippen MR) is 141 cm³/mol. The third-order valence-electron chi connectivity index (χ3n) is 8.06. The fourth-order valence-corrected chi connectivity index (χ4v) is 5.80. The third kappa shape index (κ3) is 5.39. The second-order valence-corrected chi connectivity index (χ2v) is 10.3. The summed E-state index contributed by atoms with van der Waals surface area (Å²) in [5.74, 6) is 0.980. The molecule has 1 saturated heterocycles. The number of para-hydroxylation sites is 1. The van der Waals surface area contributed by atoms with E-state index in [1.165, 1.54) is 10.8 Å². The van der Waals surface area contributed by atoms with Gasteiger partial charge in [0.05, 0.1) is 25.4 Å². The average molecular weight is 475 g/mol. The second-order valence-electron chi connectivity index (χ2n) is 10.3. The van der Waals surface area contributed by atoms with Crippen molar-refractivity contribution in [2.24, 2.45) is 5.92 Å². The molecule has 0 amide bonds. The lowest BCUT2D eigenvalue weighted by molar-refractivity contribution is -0.114. The van der Waals surface area contributed by atoms with Gasteiger partial charge in [-0.2, -0.15) is 0 Å². The fourth-order valence-electron chi connectivity index (χ4n) is 5.80. The molecule has 5 rings (SSSR count). The number of hydrogen-bond acceptors (Lipinski definition) is 5. The number of aliphatic hydroxyl groups is 1. The molecule has 1 aliphatic heterocycles. The lowest BCUT2D eigenvalue weighted by Gasteiger charge is -2.46. The molecule has 3 unspecified atom stereocenters. The van der Waals surface area contributed by atoms with E-state index in [0.717, 1.165) is 62.4 Å². The van der Waals surface area contributed by atoms with Gasteiger partial charge in [0.25, 0.3) is 0 Å². The number of ether oxygens (including phenoxy) is 2. The van der Waals surface area contributed by atoms with Crippen molar-refractivity contribution in [1.82, 2.24) is 9.80 Å². The third-order valence-corrected chi connectivity index (χ3v) is 8.06. The summed E-state index contributed by atoms with van der Waals surface area (Å²) in [5, 5.41) is 14.6. The van der Waals surface area contributed by atoms with E-state index >= 15 is 0 Å². The van der Waals surface area contributed by atoms with Crippen LogP contribution in [0.3, 0.4) is 0 Å². The van der Waals surface area contributed by atoms with Crippen molar-refractivity contribution in [3.05, 3.63) is 77.9 Å². The minimum Gasteiger partial charge on any atom is -0.496 e. The van der Waals surface area contributed by atoms with E-state index in [9.17, 15) is 5.11 Å². The molecule has 0 spiro atoms. The minimum absolute atomic E-state index is 0.114. The predicted octanol–water partition coefficient (Wildman–Crippen LogP) is 4.67. The van der Waals surface area contributed by atoms with E-state index < -0.39 is 5.60 Å². The second kappa shape index (κ2) is 10.7. The van der Waals surface area contributed by atoms with Crippen LogP contribution in [0.1, 0.15) is 30.4 Å². The molecule has 3 atom stereocenters. The van der Waals surface area contributed by atoms with Crippen LogP contribution in [0.25, 0.3) is 10.8 Å². The fraction of sp³-hybridized carbons (Fsp3) is 0.467. The van der Waals surface area contributed by atoms with Crippen molar-refractivity contribution in [3.8, 4) is 5.75 Å². The Bertz CT molecular complexity index is 1130. The van der Waals surface area contributed by atoms with E-state index in [0.29, 0.717) is 13.0 Å². The molecule has 0 aromatic heterocycles. The molecule has 186 valence electrons. The summed E-state index contributed by atoms with van der Waals surface area (Å²) in [6.07, 6.45) is 2.53. The normalized spacial score (nSPS) is 26.1. The van der Waals surface area contributed by atoms with Gasteiger partial charge in [0.2, 0.25) is 0 Å². The minimum atomic E-state index is -0.850. The van der Waals surface area contributed by atoms with Crippen LogP contribution in [0.4, 0.5) is 0 Å². The van der Waals surface area contributed by atoms with E-state index in [1.54, 1.807) is 7.11 Å². The van der Waals surface area contributed by atoms with Crippen molar-refractivity contribution in [1.29, 1.82) is 0 Å². The molecule has 3 aromatic rings. The smallest absolute Gasteiger partial charge is 0.124 e. The average Bonchev–Trinajstić information content (AvgIpc) is 2.90. The van der Waals surface area contributed by atoms with Gasteiger partial charge < -0.3 is 24.4 Å². The molecule has 0 bridgehead atoms. The van der Waals surface area contributed by atoms with Gasteiger partial charge in [-0.15, -0.1) is 0 Å². The molecule has 1 saturated carbocycles. The first-order valence-electron chi connectivity index (χ1n) is 12.9. The molecule has 5 nitrogen and oxygen atoms in total. The van der Waals surface area contributed by atoms with Crippen molar-refractivity contribution in [2.75, 3.05) is 46.9 Å². The molecular formula is C30H38N2O3. The summed E-state index contributed by atoms with van der Waals surface area (Å²) in [4.78, 5) is 4.91. The number of hydrogen-bond donors (Lipinski definition) is 1. The van der Waals surface area contributed by atoms with Gasteiger partial charge in [0.1, 0.15) is 5.75 Å². The Morgan fingerprint density at radius 1 is 0.943 bits per heavy atom. The lowest BCUT2D eigenvalue weighted by Crippen LogP contribution is -2.52. The van der Waals surface area contributed by atoms with Crippen LogP contribution in [-0.4, -0.2) is 67.9 Å². The first-order chi connectivity index (χ1) is 17.0. The zero-order chi connectivity index (χ0) is 24.3. The number of nitrogens with zero attached hydrogens (tertiary/aromatic N) is 2. The van der Waals surface area contributed by atoms with Crippen LogP contribution in [0, 0.1) is 5.92 Å². The Hall–Kier alpha value is -2.44. The number of piperazine rings is 1. The Morgan fingerprint density at radius 3 is 2.49 bits per heavy atom. The van der Waals surface area contributed by atoms with Crippen LogP contribution in [0.15, 0.2) is 66.7 Å². The van der Waals surface area contributed by atoms with Gasteiger partial charge in [-0.25, -0.2) is 0 Å². The SMILES string of the molecule is COc1ccccc1COC1CCC(O)(c2ccc3ccccc3c2)C(CN2CCN(C)CC2)C1. The summed E-state index contributed by atoms with van der Waals surface area (Å²) < 4.78 is 11.9. The highest BCUT2D eigenvalue weighted by Crippen LogP contribution is 2.44. The zero-order valence-corrected chi connectivity index (χ0v) is 21.0. The molecule has 5 heteroatoms. The Balaban J connectivity index is 1.36. The molecule has 1 heterocycles. The van der Waals surface area contributed by atoms with Crippen molar-refractivity contribution >= 4 is 10.8 Å². The van der Waals surface area contributed by atoms with Crippen LogP contribution in [-0.2, 0) is 16.9 Å². The van der Waals surface area contributed by atoms with Crippen molar-refractivity contribution in [3.63, 3.8) is 0 Å². The molecule has 1 aliphatic carbocycles. The van der Waals surface area contributed by atoms with Crippen LogP contribution >= 0.6 is 0 Å². The number of benzene rings is 3. The highest BCUT2D eigenvalue weighted by molar-refractivity contribution is 5.83. The molecule has 2 aliphatic rings. The summed E-state index contributed by atoms with van der Waals surface area (Å²) >= 11 is 0. The van der Waals surface area contributed by atoms with Crippen LogP contribution in [0.2, 0.25) is 0 Å². The van der Waals surface area contributed by atoms with Gasteiger partial charge in [-0.1, -0.05) is 54.6 Å². The van der Waals surface area contributed by atoms with E-state index in [1.807, 2.05) is 18.2 Å². The van der Waals surface area contributed by atoms with Crippen molar-refractivity contribution in [2.45, 2.75) is 37.6 Å². The summed E-state index contributed by atoms with van der Waals surface area (Å²) in [5.41, 5.74) is 1.26. The first kappa shape index (κ1) is 24.3. The van der Waals surface area contributed by atoms with Gasteiger partial charge in [-0.05, 0) is 54.8 Å². The van der Waals surface area contributed by atoms with E-state index in [4.69, 9.17) is 9.47 Å². The molecule has 35 heavy (non-hydrogen) atoms. The Kier molecular flexibility index (Phi) is 7.40. The zero-order valence-electron chi connectivity index (χ0n) is 21.0. The Labute approximate surface area is 209 Å². The maximum absolute atomic E-state index is 12.2. The van der Waals surface area contributed by atoms with Crippen LogP contribution < -0.4 is 4.74 Å². The molecule has 3 aromatic carbocycles. The molecule has 0 radical (unpaired) electrons. The highest BCUT2D eigenvalue weighted by Gasteiger charge is 2.44. The number of rotatable bonds is 7. The number of likely N-dealkylation sites (N-methyl/N-ethyl adjacent to an activating group) is 1. The molecule has 2 fully saturated rings. The lowest BCUT2D eigenvalue weighted by atomic mass is 9.70. The van der Waals surface area contributed by atoms with E-state index in [-0.39, 0.29) is 12.0 Å². The van der Waals surface area contributed by atoms with E-state index in [2.05, 4.69) is 65.4 Å². The first-order valence-corrected chi connectivity index (χ1v) is 12.9. The summed E-state index contributed by atoms with van der Waals surface area (Å²) in [6, 6.07) is 22.9. The van der Waals surface area contributed by atoms with Gasteiger partial charge >= 0.3 is 0 Å². The maximum atomic E-state index is 12.2. The monoisotopic (exact) mass is 474 g/mol. The number of methoxy groups -OCH3 is 1. The Morgan fingerprint density at radius 2 is 1.69 bits per heavy atom.